The Balaban J connectivity index is 1.78. The Kier molecular flexibility index (Phi) is 5.04. The molecule has 0 spiro atoms. The second-order valence-corrected chi connectivity index (χ2v) is 8.02. The summed E-state index contributed by atoms with van der Waals surface area (Å²) in [7, 11) is 0. The summed E-state index contributed by atoms with van der Waals surface area (Å²) >= 11 is 7.37. The van der Waals surface area contributed by atoms with Crippen LogP contribution in [0.5, 0.6) is 0 Å². The lowest BCUT2D eigenvalue weighted by molar-refractivity contribution is -0.140. The number of carbonyl (C=O) groups is 2. The molecule has 2 saturated heterocycles. The van der Waals surface area contributed by atoms with Gasteiger partial charge in [0.25, 0.3) is 11.7 Å². The number of rotatable bonds is 4. The molecule has 7 heteroatoms. The van der Waals surface area contributed by atoms with E-state index >= 15 is 0 Å². The number of aliphatic hydroxyl groups excluding tert-OH is 1. The van der Waals surface area contributed by atoms with Crippen molar-refractivity contribution >= 4 is 40.4 Å². The maximum Gasteiger partial charge on any atom is 0.295 e. The van der Waals surface area contributed by atoms with Gasteiger partial charge < -0.3 is 14.7 Å². The molecule has 2 aromatic rings. The van der Waals surface area contributed by atoms with Crippen molar-refractivity contribution in [3.05, 3.63) is 62.8 Å². The fourth-order valence-corrected chi connectivity index (χ4v) is 4.55. The van der Waals surface area contributed by atoms with Gasteiger partial charge in [0.1, 0.15) is 5.76 Å². The Bertz CT molecular complexity index is 885. The van der Waals surface area contributed by atoms with Crippen LogP contribution in [0.15, 0.2) is 47.4 Å². The number of likely N-dealkylation sites (tertiary alicyclic amines) is 1. The Morgan fingerprint density at radius 2 is 2.04 bits per heavy atom. The minimum absolute atomic E-state index is 0.0822. The van der Waals surface area contributed by atoms with Crippen molar-refractivity contribution in [2.45, 2.75) is 25.0 Å². The van der Waals surface area contributed by atoms with E-state index in [9.17, 15) is 14.7 Å². The van der Waals surface area contributed by atoms with Crippen molar-refractivity contribution in [2.75, 3.05) is 13.2 Å². The molecule has 0 saturated carbocycles. The number of nitrogens with zero attached hydrogens (tertiary/aromatic N) is 1. The van der Waals surface area contributed by atoms with Crippen molar-refractivity contribution < 1.29 is 19.4 Å². The smallest absolute Gasteiger partial charge is 0.295 e. The molecule has 140 valence electrons. The molecule has 27 heavy (non-hydrogen) atoms. The van der Waals surface area contributed by atoms with E-state index in [1.807, 2.05) is 17.5 Å². The zero-order valence-corrected chi connectivity index (χ0v) is 16.0. The normalized spacial score (nSPS) is 24.7. The number of thiophene rings is 1. The average molecular weight is 404 g/mol. The summed E-state index contributed by atoms with van der Waals surface area (Å²) in [6, 6.07) is 9.68. The maximum absolute atomic E-state index is 12.8. The largest absolute Gasteiger partial charge is 0.507 e. The zero-order chi connectivity index (χ0) is 19.0. The van der Waals surface area contributed by atoms with Crippen LogP contribution in [0.25, 0.3) is 5.76 Å². The SMILES string of the molecule is O=C1C(=O)N(CC2CCCO2)C(c2cccs2)/C1=C(\O)c1ccc(Cl)cc1. The topological polar surface area (TPSA) is 66.8 Å². The van der Waals surface area contributed by atoms with Crippen LogP contribution in [0.3, 0.4) is 0 Å². The van der Waals surface area contributed by atoms with E-state index in [1.54, 1.807) is 24.3 Å². The molecular weight excluding hydrogens is 386 g/mol. The molecule has 1 amide bonds. The van der Waals surface area contributed by atoms with Gasteiger partial charge in [-0.05, 0) is 48.6 Å². The van der Waals surface area contributed by atoms with Gasteiger partial charge in [-0.1, -0.05) is 17.7 Å². The second kappa shape index (κ2) is 7.46. The second-order valence-electron chi connectivity index (χ2n) is 6.61. The number of carbonyl (C=O) groups excluding carboxylic acids is 2. The quantitative estimate of drug-likeness (QED) is 0.476. The van der Waals surface area contributed by atoms with Gasteiger partial charge in [-0.15, -0.1) is 11.3 Å². The predicted octanol–water partition coefficient (Wildman–Crippen LogP) is 4.00. The maximum atomic E-state index is 12.8. The number of Topliss-reactive ketones (excluding diaryl/α,β-unsaturated/α-hetero) is 1. The summed E-state index contributed by atoms with van der Waals surface area (Å²) in [6.45, 7) is 1.01. The Hall–Kier alpha value is -2.15. The number of hydrogen-bond donors (Lipinski definition) is 1. The van der Waals surface area contributed by atoms with E-state index in [2.05, 4.69) is 0 Å². The van der Waals surface area contributed by atoms with Crippen LogP contribution in [0, 0.1) is 0 Å². The third-order valence-electron chi connectivity index (χ3n) is 4.89. The third-order valence-corrected chi connectivity index (χ3v) is 6.07. The lowest BCUT2D eigenvalue weighted by atomic mass is 10.00. The monoisotopic (exact) mass is 403 g/mol. The molecule has 1 aromatic carbocycles. The first-order chi connectivity index (χ1) is 13.1. The van der Waals surface area contributed by atoms with Crippen LogP contribution < -0.4 is 0 Å². The molecular formula is C20H18ClNO4S. The van der Waals surface area contributed by atoms with Crippen LogP contribution in [0.4, 0.5) is 0 Å². The summed E-state index contributed by atoms with van der Waals surface area (Å²) in [5.74, 6) is -1.45. The summed E-state index contributed by atoms with van der Waals surface area (Å²) < 4.78 is 5.66. The molecule has 2 atom stereocenters. The lowest BCUT2D eigenvalue weighted by Crippen LogP contribution is -2.36. The molecule has 1 N–H and O–H groups in total. The van der Waals surface area contributed by atoms with Gasteiger partial charge in [0, 0.05) is 28.6 Å². The molecule has 3 heterocycles. The van der Waals surface area contributed by atoms with Gasteiger partial charge in [0.2, 0.25) is 0 Å². The highest BCUT2D eigenvalue weighted by atomic mass is 35.5. The van der Waals surface area contributed by atoms with E-state index in [4.69, 9.17) is 16.3 Å². The first-order valence-electron chi connectivity index (χ1n) is 8.75. The number of hydrogen-bond acceptors (Lipinski definition) is 5. The number of aliphatic hydroxyl groups is 1. The summed E-state index contributed by atoms with van der Waals surface area (Å²) in [4.78, 5) is 27.9. The van der Waals surface area contributed by atoms with Gasteiger partial charge in [0.05, 0.1) is 17.7 Å². The van der Waals surface area contributed by atoms with Crippen LogP contribution in [0.1, 0.15) is 29.3 Å². The standard InChI is InChI=1S/C20H18ClNO4S/c21-13-7-5-12(6-8-13)18(23)16-17(15-4-2-10-27-15)22(20(25)19(16)24)11-14-3-1-9-26-14/h2,4-8,10,14,17,23H,1,3,9,11H2/b18-16+. The average Bonchev–Trinajstić information content (AvgIpc) is 3.40. The van der Waals surface area contributed by atoms with Crippen molar-refractivity contribution in [2.24, 2.45) is 0 Å². The highest BCUT2D eigenvalue weighted by molar-refractivity contribution is 7.10. The summed E-state index contributed by atoms with van der Waals surface area (Å²) in [6.07, 6.45) is 1.72. The van der Waals surface area contributed by atoms with E-state index in [1.165, 1.54) is 16.2 Å². The summed E-state index contributed by atoms with van der Waals surface area (Å²) in [5.41, 5.74) is 0.568. The zero-order valence-electron chi connectivity index (χ0n) is 14.4. The molecule has 2 aliphatic heterocycles. The van der Waals surface area contributed by atoms with Gasteiger partial charge >= 0.3 is 0 Å². The van der Waals surface area contributed by atoms with Crippen molar-refractivity contribution in [1.29, 1.82) is 0 Å². The predicted molar refractivity (Wildman–Crippen MR) is 104 cm³/mol. The molecule has 2 fully saturated rings. The molecule has 0 radical (unpaired) electrons. The number of amides is 1. The number of halogens is 1. The molecule has 1 aromatic heterocycles. The number of benzene rings is 1. The van der Waals surface area contributed by atoms with Gasteiger partial charge in [0.15, 0.2) is 0 Å². The Labute approximate surface area is 165 Å². The van der Waals surface area contributed by atoms with Crippen molar-refractivity contribution in [1.82, 2.24) is 4.90 Å². The number of ether oxygens (including phenoxy) is 1. The summed E-state index contributed by atoms with van der Waals surface area (Å²) in [5, 5.41) is 13.3. The van der Waals surface area contributed by atoms with Gasteiger partial charge in [-0.2, -0.15) is 0 Å². The van der Waals surface area contributed by atoms with Crippen LogP contribution in [-0.2, 0) is 14.3 Å². The van der Waals surface area contributed by atoms with E-state index in [0.29, 0.717) is 23.7 Å². The Morgan fingerprint density at radius 1 is 1.26 bits per heavy atom. The van der Waals surface area contributed by atoms with Gasteiger partial charge in [-0.3, -0.25) is 9.59 Å². The fourth-order valence-electron chi connectivity index (χ4n) is 3.58. The van der Waals surface area contributed by atoms with E-state index < -0.39 is 17.7 Å². The lowest BCUT2D eigenvalue weighted by Gasteiger charge is -2.26. The Morgan fingerprint density at radius 3 is 2.67 bits per heavy atom. The van der Waals surface area contributed by atoms with Crippen LogP contribution >= 0.6 is 22.9 Å². The first kappa shape index (κ1) is 18.2. The van der Waals surface area contributed by atoms with E-state index in [-0.39, 0.29) is 17.4 Å². The van der Waals surface area contributed by atoms with Crippen LogP contribution in [0.2, 0.25) is 5.02 Å². The minimum Gasteiger partial charge on any atom is -0.507 e. The van der Waals surface area contributed by atoms with Crippen molar-refractivity contribution in [3.8, 4) is 0 Å². The van der Waals surface area contributed by atoms with Crippen LogP contribution in [-0.4, -0.2) is 41.0 Å². The molecule has 2 aliphatic rings. The van der Waals surface area contributed by atoms with E-state index in [0.717, 1.165) is 17.7 Å². The first-order valence-corrected chi connectivity index (χ1v) is 10.0. The number of ketones is 1. The molecule has 0 aliphatic carbocycles. The molecule has 4 rings (SSSR count). The third kappa shape index (κ3) is 3.40. The highest BCUT2D eigenvalue weighted by Gasteiger charge is 2.47. The minimum atomic E-state index is -0.668. The molecule has 0 bridgehead atoms. The molecule has 2 unspecified atom stereocenters. The highest BCUT2D eigenvalue weighted by Crippen LogP contribution is 2.41. The molecule has 5 nitrogen and oxygen atoms in total. The fraction of sp³-hybridized carbons (Fsp3) is 0.300. The van der Waals surface area contributed by atoms with Crippen molar-refractivity contribution in [3.63, 3.8) is 0 Å². The van der Waals surface area contributed by atoms with Gasteiger partial charge in [-0.25, -0.2) is 0 Å².